The van der Waals surface area contributed by atoms with E-state index in [0.29, 0.717) is 0 Å². The van der Waals surface area contributed by atoms with Crippen LogP contribution in [-0.2, 0) is 41.9 Å². The third-order valence-electron chi connectivity index (χ3n) is 10.6. The van der Waals surface area contributed by atoms with E-state index >= 15 is 0 Å². The van der Waals surface area contributed by atoms with Gasteiger partial charge in [-0.25, -0.2) is 9.59 Å². The molecule has 0 saturated heterocycles. The van der Waals surface area contributed by atoms with Crippen LogP contribution in [0.2, 0.25) is 0 Å². The topological polar surface area (TPSA) is 234 Å². The lowest BCUT2D eigenvalue weighted by Gasteiger charge is -2.36. The van der Waals surface area contributed by atoms with Gasteiger partial charge in [0.25, 0.3) is 0 Å². The predicted molar refractivity (Wildman–Crippen MR) is 245 cm³/mol. The average Bonchev–Trinajstić information content (AvgIpc) is 3.22. The number of aliphatic hydroxyl groups is 2. The SMILES string of the molecule is CC(C)C[C@H](NC(=O)[C@@H](NC(=O)[C@@H](NC(=O)OCc1ccccc1)C(C)C)C(C)C)[C@@H](O)[C@H](O)[C@H](CC(C)C)NC(=O)[C@@H](NC(=O)[C@@H](NC(=O)OCc1ccccc1)C(C)C)C(C)C. The van der Waals surface area contributed by atoms with Crippen LogP contribution in [0, 0.1) is 35.5 Å². The summed E-state index contributed by atoms with van der Waals surface area (Å²) in [5.74, 6) is -4.15. The fraction of sp³-hybridized carbons (Fsp3) is 0.625. The zero-order valence-electron chi connectivity index (χ0n) is 39.8. The highest BCUT2D eigenvalue weighted by Gasteiger charge is 2.39. The molecular formula is C48H76N6O10. The second kappa shape index (κ2) is 27.2. The molecule has 0 aliphatic carbocycles. The van der Waals surface area contributed by atoms with Crippen molar-refractivity contribution >= 4 is 35.8 Å². The van der Waals surface area contributed by atoms with Crippen LogP contribution in [0.5, 0.6) is 0 Å². The molecule has 2 aromatic rings. The highest BCUT2D eigenvalue weighted by Crippen LogP contribution is 2.19. The molecule has 0 aliphatic rings. The molecule has 6 amide bonds. The Kier molecular flexibility index (Phi) is 23.3. The highest BCUT2D eigenvalue weighted by molar-refractivity contribution is 5.92. The summed E-state index contributed by atoms with van der Waals surface area (Å²) in [7, 11) is 0. The first-order chi connectivity index (χ1) is 30.0. The molecule has 16 heteroatoms. The van der Waals surface area contributed by atoms with Crippen LogP contribution < -0.4 is 31.9 Å². The number of hydrogen-bond acceptors (Lipinski definition) is 10. The Morgan fingerprint density at radius 1 is 0.422 bits per heavy atom. The van der Waals surface area contributed by atoms with Gasteiger partial charge in [0.2, 0.25) is 23.6 Å². The van der Waals surface area contributed by atoms with Crippen molar-refractivity contribution in [2.24, 2.45) is 35.5 Å². The molecule has 2 rings (SSSR count). The van der Waals surface area contributed by atoms with Gasteiger partial charge in [0.1, 0.15) is 49.6 Å². The summed E-state index contributed by atoms with van der Waals surface area (Å²) in [6.07, 6.45) is -4.28. The number of hydrogen-bond donors (Lipinski definition) is 8. The molecule has 0 saturated carbocycles. The lowest BCUT2D eigenvalue weighted by molar-refractivity contribution is -0.134. The quantitative estimate of drug-likeness (QED) is 0.0668. The molecule has 358 valence electrons. The van der Waals surface area contributed by atoms with Crippen molar-refractivity contribution in [3.63, 3.8) is 0 Å². The monoisotopic (exact) mass is 897 g/mol. The summed E-state index contributed by atoms with van der Waals surface area (Å²) in [5.41, 5.74) is 1.55. The smallest absolute Gasteiger partial charge is 0.408 e. The van der Waals surface area contributed by atoms with Gasteiger partial charge in [-0.1, -0.05) is 144 Å². The Bertz CT molecular complexity index is 1630. The molecule has 0 bridgehead atoms. The number of aliphatic hydroxyl groups excluding tert-OH is 2. The Labute approximate surface area is 380 Å². The maximum Gasteiger partial charge on any atom is 0.408 e. The summed E-state index contributed by atoms with van der Waals surface area (Å²) >= 11 is 0. The minimum absolute atomic E-state index is 0.00410. The Hall–Kier alpha value is -5.22. The van der Waals surface area contributed by atoms with Crippen LogP contribution in [0.1, 0.15) is 107 Å². The van der Waals surface area contributed by atoms with E-state index in [1.54, 1.807) is 79.7 Å². The van der Waals surface area contributed by atoms with E-state index in [0.717, 1.165) is 11.1 Å². The molecular weight excluding hydrogens is 821 g/mol. The first-order valence-electron chi connectivity index (χ1n) is 22.5. The summed E-state index contributed by atoms with van der Waals surface area (Å²) in [4.78, 5) is 80.7. The fourth-order valence-corrected chi connectivity index (χ4v) is 7.01. The van der Waals surface area contributed by atoms with Gasteiger partial charge in [0.15, 0.2) is 0 Å². The van der Waals surface area contributed by atoms with Gasteiger partial charge in [0.05, 0.1) is 12.1 Å². The minimum Gasteiger partial charge on any atom is -0.445 e. The molecule has 2 aromatic carbocycles. The van der Waals surface area contributed by atoms with E-state index in [4.69, 9.17) is 9.47 Å². The van der Waals surface area contributed by atoms with Crippen molar-refractivity contribution < 1.29 is 48.5 Å². The number of amides is 6. The number of alkyl carbamates (subject to hydrolysis) is 2. The zero-order valence-corrected chi connectivity index (χ0v) is 39.8. The number of ether oxygens (including phenoxy) is 2. The molecule has 8 atom stereocenters. The van der Waals surface area contributed by atoms with Crippen LogP contribution in [0.3, 0.4) is 0 Å². The van der Waals surface area contributed by atoms with Gasteiger partial charge in [-0.15, -0.1) is 0 Å². The predicted octanol–water partition coefficient (Wildman–Crippen LogP) is 4.95. The second-order valence-corrected chi connectivity index (χ2v) is 18.8. The van der Waals surface area contributed by atoms with Crippen LogP contribution in [0.4, 0.5) is 9.59 Å². The van der Waals surface area contributed by atoms with Gasteiger partial charge < -0.3 is 51.6 Å². The van der Waals surface area contributed by atoms with E-state index in [1.807, 2.05) is 64.1 Å². The molecule has 0 fully saturated rings. The van der Waals surface area contributed by atoms with E-state index in [-0.39, 0.29) is 49.7 Å². The van der Waals surface area contributed by atoms with E-state index in [2.05, 4.69) is 31.9 Å². The van der Waals surface area contributed by atoms with Crippen molar-refractivity contribution in [1.82, 2.24) is 31.9 Å². The van der Waals surface area contributed by atoms with Crippen molar-refractivity contribution in [2.75, 3.05) is 0 Å². The molecule has 16 nitrogen and oxygen atoms in total. The largest absolute Gasteiger partial charge is 0.445 e. The van der Waals surface area contributed by atoms with E-state index in [1.165, 1.54) is 0 Å². The zero-order chi connectivity index (χ0) is 48.3. The molecule has 0 spiro atoms. The highest BCUT2D eigenvalue weighted by atomic mass is 16.6. The molecule has 64 heavy (non-hydrogen) atoms. The lowest BCUT2D eigenvalue weighted by Crippen LogP contribution is -2.62. The van der Waals surface area contributed by atoms with Crippen LogP contribution in [-0.4, -0.2) is 94.5 Å². The Balaban J connectivity index is 2.22. The number of carbonyl (C=O) groups excluding carboxylic acids is 6. The number of benzene rings is 2. The number of carbonyl (C=O) groups is 6. The number of nitrogens with one attached hydrogen (secondary N) is 6. The maximum absolute atomic E-state index is 14.0. The number of rotatable bonds is 25. The molecule has 8 N–H and O–H groups in total. The van der Waals surface area contributed by atoms with Gasteiger partial charge in [-0.3, -0.25) is 19.2 Å². The van der Waals surface area contributed by atoms with Crippen molar-refractivity contribution in [3.05, 3.63) is 71.8 Å². The third-order valence-corrected chi connectivity index (χ3v) is 10.6. The van der Waals surface area contributed by atoms with Gasteiger partial charge in [-0.05, 0) is 59.5 Å². The minimum atomic E-state index is -1.58. The van der Waals surface area contributed by atoms with Crippen molar-refractivity contribution in [1.29, 1.82) is 0 Å². The van der Waals surface area contributed by atoms with Crippen molar-refractivity contribution in [2.45, 2.75) is 158 Å². The fourth-order valence-electron chi connectivity index (χ4n) is 7.01. The second-order valence-electron chi connectivity index (χ2n) is 18.8. The van der Waals surface area contributed by atoms with Gasteiger partial charge >= 0.3 is 12.2 Å². The molecule has 0 aromatic heterocycles. The van der Waals surface area contributed by atoms with Crippen molar-refractivity contribution in [3.8, 4) is 0 Å². The molecule has 0 unspecified atom stereocenters. The maximum atomic E-state index is 14.0. The first kappa shape index (κ1) is 54.9. The van der Waals surface area contributed by atoms with Crippen LogP contribution >= 0.6 is 0 Å². The first-order valence-corrected chi connectivity index (χ1v) is 22.5. The summed E-state index contributed by atoms with van der Waals surface area (Å²) in [5, 5.41) is 40.1. The lowest BCUT2D eigenvalue weighted by atomic mass is 9.88. The molecule has 0 aliphatic heterocycles. The van der Waals surface area contributed by atoms with Crippen LogP contribution in [0.25, 0.3) is 0 Å². The van der Waals surface area contributed by atoms with E-state index in [9.17, 15) is 39.0 Å². The van der Waals surface area contributed by atoms with Gasteiger partial charge in [0, 0.05) is 0 Å². The van der Waals surface area contributed by atoms with Gasteiger partial charge in [-0.2, -0.15) is 0 Å². The normalized spacial score (nSPS) is 15.4. The average molecular weight is 897 g/mol. The molecule has 0 radical (unpaired) electrons. The van der Waals surface area contributed by atoms with E-state index < -0.39 is 96.1 Å². The van der Waals surface area contributed by atoms with Crippen LogP contribution in [0.15, 0.2) is 60.7 Å². The standard InChI is InChI=1S/C48H76N6O10/c1-27(2)23-35(49-43(57)37(29(5)6)51-45(59)39(31(9)10)53-47(61)63-25-33-19-15-13-16-20-33)41(55)42(56)36(24-28(3)4)50-44(58)38(30(7)8)52-46(60)40(32(11)12)54-48(62)64-26-34-21-17-14-18-22-34/h13-22,27-32,35-42,55-56H,23-26H2,1-12H3,(H,49,57)(H,50,58)(H,51,59)(H,52,60)(H,53,61)(H,54,62)/t35-,36-,37-,38-,39-,40-,41+,42+/m0/s1. The Morgan fingerprint density at radius 2 is 0.688 bits per heavy atom. The third kappa shape index (κ3) is 18.9. The summed E-state index contributed by atoms with van der Waals surface area (Å²) < 4.78 is 10.7. The summed E-state index contributed by atoms with van der Waals surface area (Å²) in [6.45, 7) is 21.5. The summed E-state index contributed by atoms with van der Waals surface area (Å²) in [6, 6.07) is 11.9. The molecule has 0 heterocycles. The Morgan fingerprint density at radius 3 is 0.953 bits per heavy atom.